The highest BCUT2D eigenvalue weighted by atomic mass is 16.5. The third-order valence-corrected chi connectivity index (χ3v) is 3.12. The zero-order valence-corrected chi connectivity index (χ0v) is 15.1. The number of hydrogen-bond acceptors (Lipinski definition) is 3. The van der Waals surface area contributed by atoms with Crippen LogP contribution in [0.2, 0.25) is 0 Å². The van der Waals surface area contributed by atoms with Crippen LogP contribution in [0, 0.1) is 5.41 Å². The first-order valence-electron chi connectivity index (χ1n) is 8.07. The van der Waals surface area contributed by atoms with Crippen LogP contribution in [-0.4, -0.2) is 33.0 Å². The second-order valence-corrected chi connectivity index (χ2v) is 7.85. The van der Waals surface area contributed by atoms with Crippen molar-refractivity contribution >= 4 is 0 Å². The predicted octanol–water partition coefficient (Wildman–Crippen LogP) is 4.44. The van der Waals surface area contributed by atoms with Crippen molar-refractivity contribution in [2.45, 2.75) is 47.0 Å². The SMILES string of the molecule is CC(C)(C)COCCOCCOc1ccc(C(C)(C)C)cc1. The van der Waals surface area contributed by atoms with E-state index in [9.17, 15) is 0 Å². The average molecular weight is 308 g/mol. The lowest BCUT2D eigenvalue weighted by molar-refractivity contribution is 0.0127. The molecular formula is C19H32O3. The van der Waals surface area contributed by atoms with Crippen LogP contribution in [0.25, 0.3) is 0 Å². The summed E-state index contributed by atoms with van der Waals surface area (Å²) in [4.78, 5) is 0. The molecular weight excluding hydrogens is 276 g/mol. The molecule has 1 aromatic rings. The fourth-order valence-corrected chi connectivity index (χ4v) is 1.87. The molecule has 0 saturated heterocycles. The van der Waals surface area contributed by atoms with Gasteiger partial charge in [0.1, 0.15) is 12.4 Å². The predicted molar refractivity (Wildman–Crippen MR) is 91.7 cm³/mol. The van der Waals surface area contributed by atoms with Gasteiger partial charge in [0.2, 0.25) is 0 Å². The Morgan fingerprint density at radius 3 is 1.82 bits per heavy atom. The summed E-state index contributed by atoms with van der Waals surface area (Å²) in [6.45, 7) is 16.3. The maximum absolute atomic E-state index is 5.67. The molecule has 0 fully saturated rings. The van der Waals surface area contributed by atoms with Crippen molar-refractivity contribution < 1.29 is 14.2 Å². The molecule has 0 amide bonds. The summed E-state index contributed by atoms with van der Waals surface area (Å²) in [7, 11) is 0. The molecule has 0 aliphatic heterocycles. The van der Waals surface area contributed by atoms with E-state index in [1.165, 1.54) is 5.56 Å². The van der Waals surface area contributed by atoms with Gasteiger partial charge in [-0.15, -0.1) is 0 Å². The molecule has 0 bridgehead atoms. The fourth-order valence-electron chi connectivity index (χ4n) is 1.87. The Balaban J connectivity index is 2.10. The molecule has 0 aromatic heterocycles. The van der Waals surface area contributed by atoms with Crippen molar-refractivity contribution in [1.29, 1.82) is 0 Å². The molecule has 0 N–H and O–H groups in total. The van der Waals surface area contributed by atoms with Gasteiger partial charge in [0.05, 0.1) is 26.4 Å². The van der Waals surface area contributed by atoms with Gasteiger partial charge in [-0.3, -0.25) is 0 Å². The second kappa shape index (κ2) is 8.54. The van der Waals surface area contributed by atoms with E-state index in [1.54, 1.807) is 0 Å². The Kier molecular flexibility index (Phi) is 7.37. The van der Waals surface area contributed by atoms with Gasteiger partial charge >= 0.3 is 0 Å². The monoisotopic (exact) mass is 308 g/mol. The Morgan fingerprint density at radius 1 is 0.727 bits per heavy atom. The summed E-state index contributed by atoms with van der Waals surface area (Å²) in [5.41, 5.74) is 1.70. The van der Waals surface area contributed by atoms with Gasteiger partial charge in [0.15, 0.2) is 0 Å². The van der Waals surface area contributed by atoms with E-state index in [-0.39, 0.29) is 10.8 Å². The first-order chi connectivity index (χ1) is 10.2. The number of ether oxygens (including phenoxy) is 3. The van der Waals surface area contributed by atoms with Gasteiger partial charge in [-0.25, -0.2) is 0 Å². The minimum atomic E-state index is 0.175. The maximum atomic E-state index is 5.67. The minimum Gasteiger partial charge on any atom is -0.491 e. The van der Waals surface area contributed by atoms with Crippen molar-refractivity contribution in [3.05, 3.63) is 29.8 Å². The lowest BCUT2D eigenvalue weighted by atomic mass is 9.87. The summed E-state index contributed by atoms with van der Waals surface area (Å²) in [5, 5.41) is 0. The summed E-state index contributed by atoms with van der Waals surface area (Å²) in [6.07, 6.45) is 0. The largest absolute Gasteiger partial charge is 0.491 e. The first-order valence-corrected chi connectivity index (χ1v) is 8.07. The van der Waals surface area contributed by atoms with Crippen LogP contribution in [-0.2, 0) is 14.9 Å². The van der Waals surface area contributed by atoms with Crippen LogP contribution >= 0.6 is 0 Å². The molecule has 22 heavy (non-hydrogen) atoms. The maximum Gasteiger partial charge on any atom is 0.119 e. The summed E-state index contributed by atoms with van der Waals surface area (Å²) in [5.74, 6) is 0.889. The van der Waals surface area contributed by atoms with Gasteiger partial charge < -0.3 is 14.2 Å². The van der Waals surface area contributed by atoms with Crippen molar-refractivity contribution in [3.8, 4) is 5.75 Å². The molecule has 0 heterocycles. The van der Waals surface area contributed by atoms with E-state index < -0.39 is 0 Å². The van der Waals surface area contributed by atoms with Crippen LogP contribution in [0.4, 0.5) is 0 Å². The van der Waals surface area contributed by atoms with E-state index in [2.05, 4.69) is 53.7 Å². The molecule has 0 spiro atoms. The first kappa shape index (κ1) is 19.0. The van der Waals surface area contributed by atoms with Crippen molar-refractivity contribution in [2.75, 3.05) is 33.0 Å². The topological polar surface area (TPSA) is 27.7 Å². The van der Waals surface area contributed by atoms with Gasteiger partial charge in [-0.2, -0.15) is 0 Å². The smallest absolute Gasteiger partial charge is 0.119 e. The highest BCUT2D eigenvalue weighted by Gasteiger charge is 2.13. The van der Waals surface area contributed by atoms with E-state index in [0.717, 1.165) is 12.4 Å². The number of rotatable bonds is 8. The Bertz CT molecular complexity index is 410. The standard InChI is InChI=1S/C19H32O3/c1-18(2,3)15-21-12-11-20-13-14-22-17-9-7-16(8-10-17)19(4,5)6/h7-10H,11-15H2,1-6H3. The molecule has 3 nitrogen and oxygen atoms in total. The van der Waals surface area contributed by atoms with Gasteiger partial charge in [0.25, 0.3) is 0 Å². The van der Waals surface area contributed by atoms with Gasteiger partial charge in [-0.05, 0) is 28.5 Å². The van der Waals surface area contributed by atoms with Crippen molar-refractivity contribution in [3.63, 3.8) is 0 Å². The highest BCUT2D eigenvalue weighted by Crippen LogP contribution is 2.24. The third-order valence-electron chi connectivity index (χ3n) is 3.12. The van der Waals surface area contributed by atoms with Crippen LogP contribution in [0.3, 0.4) is 0 Å². The van der Waals surface area contributed by atoms with Crippen molar-refractivity contribution in [2.24, 2.45) is 5.41 Å². The number of hydrogen-bond donors (Lipinski definition) is 0. The van der Waals surface area contributed by atoms with Gasteiger partial charge in [-0.1, -0.05) is 53.7 Å². The molecule has 0 aliphatic rings. The van der Waals surface area contributed by atoms with E-state index in [1.807, 2.05) is 12.1 Å². The van der Waals surface area contributed by atoms with Crippen LogP contribution in [0.1, 0.15) is 47.1 Å². The zero-order chi connectivity index (χ0) is 16.6. The molecule has 0 unspecified atom stereocenters. The quantitative estimate of drug-likeness (QED) is 0.664. The Labute approximate surface area is 136 Å². The molecule has 1 aromatic carbocycles. The minimum absolute atomic E-state index is 0.175. The molecule has 0 aliphatic carbocycles. The number of benzene rings is 1. The average Bonchev–Trinajstić information content (AvgIpc) is 2.40. The van der Waals surface area contributed by atoms with E-state index >= 15 is 0 Å². The molecule has 0 radical (unpaired) electrons. The zero-order valence-electron chi connectivity index (χ0n) is 15.1. The molecule has 1 rings (SSSR count). The van der Waals surface area contributed by atoms with Crippen LogP contribution in [0.5, 0.6) is 5.75 Å². The summed E-state index contributed by atoms with van der Waals surface area (Å²) >= 11 is 0. The van der Waals surface area contributed by atoms with E-state index in [0.29, 0.717) is 26.4 Å². The fraction of sp³-hybridized carbons (Fsp3) is 0.684. The lowest BCUT2D eigenvalue weighted by Gasteiger charge is -2.19. The molecule has 0 saturated carbocycles. The lowest BCUT2D eigenvalue weighted by Crippen LogP contribution is -2.17. The van der Waals surface area contributed by atoms with Crippen LogP contribution < -0.4 is 4.74 Å². The molecule has 0 atom stereocenters. The summed E-state index contributed by atoms with van der Waals surface area (Å²) < 4.78 is 16.7. The Hall–Kier alpha value is -1.06. The molecule has 126 valence electrons. The third kappa shape index (κ3) is 8.40. The van der Waals surface area contributed by atoms with Gasteiger partial charge in [0, 0.05) is 0 Å². The van der Waals surface area contributed by atoms with Crippen molar-refractivity contribution in [1.82, 2.24) is 0 Å². The second-order valence-electron chi connectivity index (χ2n) is 7.85. The highest BCUT2D eigenvalue weighted by molar-refractivity contribution is 5.31. The van der Waals surface area contributed by atoms with E-state index in [4.69, 9.17) is 14.2 Å². The summed E-state index contributed by atoms with van der Waals surface area (Å²) in [6, 6.07) is 8.28. The van der Waals surface area contributed by atoms with Crippen LogP contribution in [0.15, 0.2) is 24.3 Å². The molecule has 3 heteroatoms. The normalized spacial score (nSPS) is 12.5. The Morgan fingerprint density at radius 2 is 1.27 bits per heavy atom.